The highest BCUT2D eigenvalue weighted by Crippen LogP contribution is 2.19. The number of anilines is 1. The normalized spacial score (nSPS) is 16.5. The van der Waals surface area contributed by atoms with E-state index in [1.165, 1.54) is 43.7 Å². The van der Waals surface area contributed by atoms with Crippen molar-refractivity contribution < 1.29 is 28.7 Å². The van der Waals surface area contributed by atoms with Crippen molar-refractivity contribution >= 4 is 29.4 Å². The van der Waals surface area contributed by atoms with Gasteiger partial charge in [-0.3, -0.25) is 19.2 Å². The number of terminal acetylenes is 1. The molecule has 3 amide bonds. The first kappa shape index (κ1) is 30.6. The van der Waals surface area contributed by atoms with Gasteiger partial charge in [0, 0.05) is 42.8 Å². The van der Waals surface area contributed by atoms with Crippen LogP contribution in [0.2, 0.25) is 0 Å². The molecular weight excluding hydrogens is 504 g/mol. The van der Waals surface area contributed by atoms with E-state index in [4.69, 9.17) is 15.9 Å². The van der Waals surface area contributed by atoms with E-state index < -0.39 is 35.4 Å². The maximum atomic E-state index is 13.4. The van der Waals surface area contributed by atoms with Gasteiger partial charge in [0.2, 0.25) is 11.8 Å². The van der Waals surface area contributed by atoms with Gasteiger partial charge < -0.3 is 30.0 Å². The molecule has 0 bridgehead atoms. The number of methoxy groups -OCH3 is 1. The molecule has 2 heterocycles. The number of amides is 3. The number of esters is 1. The third-order valence-corrected chi connectivity index (χ3v) is 5.94. The molecule has 0 aliphatic carbocycles. The number of hydrogen-bond acceptors (Lipinski definition) is 7. The zero-order valence-electron chi connectivity index (χ0n) is 22.3. The van der Waals surface area contributed by atoms with E-state index in [-0.39, 0.29) is 42.5 Å². The first-order valence-electron chi connectivity index (χ1n) is 12.4. The average Bonchev–Trinajstić information content (AvgIpc) is 3.31. The lowest BCUT2D eigenvalue weighted by atomic mass is 9.97. The van der Waals surface area contributed by atoms with Gasteiger partial charge in [0.05, 0.1) is 19.5 Å². The van der Waals surface area contributed by atoms with Crippen molar-refractivity contribution in [3.05, 3.63) is 64.8 Å². The molecular formula is C28H34N4O7. The van der Waals surface area contributed by atoms with Crippen LogP contribution < -0.4 is 21.5 Å². The second-order valence-electron chi connectivity index (χ2n) is 8.74. The molecule has 1 aromatic heterocycles. The molecule has 0 spiro atoms. The fraction of sp³-hybridized carbons (Fsp3) is 0.393. The summed E-state index contributed by atoms with van der Waals surface area (Å²) in [6, 6.07) is 1.04. The molecule has 2 rings (SSSR count). The van der Waals surface area contributed by atoms with Gasteiger partial charge in [0.1, 0.15) is 11.7 Å². The molecule has 208 valence electrons. The van der Waals surface area contributed by atoms with Crippen LogP contribution in [0.3, 0.4) is 0 Å². The van der Waals surface area contributed by atoms with Crippen LogP contribution in [0, 0.1) is 18.3 Å². The third-order valence-electron chi connectivity index (χ3n) is 5.94. The minimum Gasteiger partial charge on any atom is -0.501 e. The average molecular weight is 539 g/mol. The Kier molecular flexibility index (Phi) is 11.8. The molecule has 1 saturated heterocycles. The maximum absolute atomic E-state index is 13.4. The summed E-state index contributed by atoms with van der Waals surface area (Å²) in [7, 11) is 1.45. The van der Waals surface area contributed by atoms with Gasteiger partial charge in [-0.15, -0.1) is 12.3 Å². The van der Waals surface area contributed by atoms with Crippen LogP contribution in [0.1, 0.15) is 39.2 Å². The van der Waals surface area contributed by atoms with Crippen LogP contribution in [0.5, 0.6) is 0 Å². The van der Waals surface area contributed by atoms with E-state index in [1.807, 2.05) is 0 Å². The summed E-state index contributed by atoms with van der Waals surface area (Å²) in [5.74, 6) is 0.530. The van der Waals surface area contributed by atoms with E-state index in [0.717, 1.165) is 4.57 Å². The minimum atomic E-state index is -1.13. The largest absolute Gasteiger partial charge is 0.501 e. The lowest BCUT2D eigenvalue weighted by Crippen LogP contribution is -2.43. The van der Waals surface area contributed by atoms with Gasteiger partial charge in [-0.2, -0.15) is 0 Å². The number of aromatic nitrogens is 1. The first-order valence-corrected chi connectivity index (χ1v) is 12.4. The number of carbonyl (C=O) groups excluding carboxylic acids is 4. The summed E-state index contributed by atoms with van der Waals surface area (Å²) in [4.78, 5) is 63.1. The maximum Gasteiger partial charge on any atom is 0.330 e. The molecule has 3 N–H and O–H groups in total. The molecule has 11 nitrogen and oxygen atoms in total. The highest BCUT2D eigenvalue weighted by Gasteiger charge is 2.29. The van der Waals surface area contributed by atoms with Crippen LogP contribution in [-0.2, 0) is 28.7 Å². The molecule has 39 heavy (non-hydrogen) atoms. The van der Waals surface area contributed by atoms with Crippen LogP contribution >= 0.6 is 0 Å². The van der Waals surface area contributed by atoms with Gasteiger partial charge in [0.15, 0.2) is 0 Å². The number of pyridine rings is 1. The Balaban J connectivity index is 2.30. The Bertz CT molecular complexity index is 1260. The van der Waals surface area contributed by atoms with Crippen molar-refractivity contribution in [2.24, 2.45) is 5.92 Å². The lowest BCUT2D eigenvalue weighted by molar-refractivity contribution is -0.137. The Morgan fingerprint density at radius 1 is 1.36 bits per heavy atom. The van der Waals surface area contributed by atoms with Crippen LogP contribution in [0.4, 0.5) is 5.69 Å². The van der Waals surface area contributed by atoms with Gasteiger partial charge in [-0.25, -0.2) is 4.79 Å². The van der Waals surface area contributed by atoms with E-state index >= 15 is 0 Å². The van der Waals surface area contributed by atoms with Gasteiger partial charge in [-0.05, 0) is 44.9 Å². The summed E-state index contributed by atoms with van der Waals surface area (Å²) in [6.45, 7) is 7.68. The van der Waals surface area contributed by atoms with Crippen LogP contribution in [0.15, 0.2) is 59.3 Å². The Hall–Kier alpha value is -4.59. The SMILES string of the molecule is C#CC[C@@H](C(=O)NC(/C=C/C(=O)OCC)CC1CCNC1=O)n1cccc(NC(=O)C(=C)/C=C(/C)OC)c1=O. The molecule has 0 radical (unpaired) electrons. The summed E-state index contributed by atoms with van der Waals surface area (Å²) < 4.78 is 11.0. The molecule has 1 aromatic rings. The number of rotatable bonds is 13. The number of ether oxygens (including phenoxy) is 2. The molecule has 2 unspecified atom stereocenters. The van der Waals surface area contributed by atoms with Crippen molar-refractivity contribution in [3.8, 4) is 12.3 Å². The van der Waals surface area contributed by atoms with E-state index in [0.29, 0.717) is 18.7 Å². The standard InChI is InChI=1S/C28H34N4O7/c1-6-9-23(32-15-8-10-22(28(32)37)31-25(34)18(3)16-19(4)38-5)27(36)30-21(11-12-24(33)39-7-2)17-20-13-14-29-26(20)35/h1,8,10-12,15-16,20-21,23H,3,7,9,13-14,17H2,2,4-5H3,(H,29,35)(H,30,36)(H,31,34)/b12-11+,19-16-/t20?,21?,23-/m0/s1. The third kappa shape index (κ3) is 9.03. The van der Waals surface area contributed by atoms with Gasteiger partial charge in [-0.1, -0.05) is 12.7 Å². The zero-order chi connectivity index (χ0) is 28.9. The Labute approximate surface area is 227 Å². The molecule has 1 aliphatic heterocycles. The molecule has 1 aliphatic rings. The van der Waals surface area contributed by atoms with Crippen LogP contribution in [0.25, 0.3) is 0 Å². The summed E-state index contributed by atoms with van der Waals surface area (Å²) in [5.41, 5.74) is -0.673. The topological polar surface area (TPSA) is 145 Å². The Morgan fingerprint density at radius 2 is 2.10 bits per heavy atom. The van der Waals surface area contributed by atoms with Crippen molar-refractivity contribution in [2.45, 2.75) is 45.2 Å². The van der Waals surface area contributed by atoms with E-state index in [9.17, 15) is 24.0 Å². The number of hydrogen-bond donors (Lipinski definition) is 3. The quantitative estimate of drug-likeness (QED) is 0.114. The molecule has 1 fully saturated rings. The monoisotopic (exact) mass is 538 g/mol. The van der Waals surface area contributed by atoms with E-state index in [1.54, 1.807) is 13.8 Å². The fourth-order valence-electron chi connectivity index (χ4n) is 3.88. The zero-order valence-corrected chi connectivity index (χ0v) is 22.3. The predicted molar refractivity (Wildman–Crippen MR) is 145 cm³/mol. The number of carbonyl (C=O) groups is 4. The second kappa shape index (κ2) is 15.0. The molecule has 11 heteroatoms. The molecule has 3 atom stereocenters. The van der Waals surface area contributed by atoms with Gasteiger partial charge in [0.25, 0.3) is 11.5 Å². The number of allylic oxidation sites excluding steroid dienone is 1. The summed E-state index contributed by atoms with van der Waals surface area (Å²) >= 11 is 0. The fourth-order valence-corrected chi connectivity index (χ4v) is 3.88. The summed E-state index contributed by atoms with van der Waals surface area (Å²) in [5, 5.41) is 8.02. The van der Waals surface area contributed by atoms with E-state index in [2.05, 4.69) is 28.4 Å². The smallest absolute Gasteiger partial charge is 0.330 e. The predicted octanol–water partition coefficient (Wildman–Crippen LogP) is 1.59. The number of nitrogens with zero attached hydrogens (tertiary/aromatic N) is 1. The first-order chi connectivity index (χ1) is 18.6. The highest BCUT2D eigenvalue weighted by molar-refractivity contribution is 6.05. The Morgan fingerprint density at radius 3 is 2.72 bits per heavy atom. The highest BCUT2D eigenvalue weighted by atomic mass is 16.5. The van der Waals surface area contributed by atoms with Gasteiger partial charge >= 0.3 is 5.97 Å². The van der Waals surface area contributed by atoms with Crippen LogP contribution in [-0.4, -0.2) is 54.6 Å². The van der Waals surface area contributed by atoms with Crippen molar-refractivity contribution in [3.63, 3.8) is 0 Å². The lowest BCUT2D eigenvalue weighted by Gasteiger charge is -2.23. The number of nitrogens with one attached hydrogen (secondary N) is 3. The minimum absolute atomic E-state index is 0.0641. The molecule has 0 saturated carbocycles. The molecule has 0 aromatic carbocycles. The van der Waals surface area contributed by atoms with Crippen molar-refractivity contribution in [1.82, 2.24) is 15.2 Å². The van der Waals surface area contributed by atoms with Crippen molar-refractivity contribution in [1.29, 1.82) is 0 Å². The van der Waals surface area contributed by atoms with Crippen molar-refractivity contribution in [2.75, 3.05) is 25.6 Å². The second-order valence-corrected chi connectivity index (χ2v) is 8.74. The summed E-state index contributed by atoms with van der Waals surface area (Å²) in [6.07, 6.45) is 11.6.